The minimum atomic E-state index is -0.907. The zero-order chi connectivity index (χ0) is 19.7. The average Bonchev–Trinajstić information content (AvgIpc) is 2.67. The summed E-state index contributed by atoms with van der Waals surface area (Å²) in [5, 5.41) is 9.22. The normalized spacial score (nSPS) is 18.2. The fourth-order valence-corrected chi connectivity index (χ4v) is 3.98. The Morgan fingerprint density at radius 2 is 1.82 bits per heavy atom. The average molecular weight is 372 g/mol. The smallest absolute Gasteiger partial charge is 0.335 e. The van der Waals surface area contributed by atoms with Crippen molar-refractivity contribution in [2.75, 3.05) is 0 Å². The maximum absolute atomic E-state index is 11.2. The summed E-state index contributed by atoms with van der Waals surface area (Å²) < 4.78 is 6.42. The van der Waals surface area contributed by atoms with Crippen LogP contribution in [0.1, 0.15) is 40.4 Å². The zero-order valence-electron chi connectivity index (χ0n) is 16.2. The highest BCUT2D eigenvalue weighted by Crippen LogP contribution is 2.37. The standard InChI is InChI=1S/C25H24O3/c1-17-5-3-6-18(13-17)16-25(2)12-11-21-14-20(9-10-23(21)28-25)19-7-4-8-22(15-19)24(26)27/h3-10,13-15H,11-12,16H2,1-2H3,(H,26,27)/t25-/m0/s1. The number of carboxylic acids is 1. The number of aromatic carboxylic acids is 1. The van der Waals surface area contributed by atoms with E-state index in [0.717, 1.165) is 36.1 Å². The zero-order valence-corrected chi connectivity index (χ0v) is 16.2. The molecule has 1 N–H and O–H groups in total. The number of carboxylic acid groups (broad SMARTS) is 1. The number of rotatable bonds is 4. The Hall–Kier alpha value is -3.07. The van der Waals surface area contributed by atoms with Crippen LogP contribution in [0.3, 0.4) is 0 Å². The molecule has 0 bridgehead atoms. The molecule has 1 aliphatic rings. The van der Waals surface area contributed by atoms with Gasteiger partial charge in [0.25, 0.3) is 0 Å². The molecule has 142 valence electrons. The second kappa shape index (κ2) is 7.16. The minimum Gasteiger partial charge on any atom is -0.487 e. The van der Waals surface area contributed by atoms with E-state index >= 15 is 0 Å². The third kappa shape index (κ3) is 3.79. The summed E-state index contributed by atoms with van der Waals surface area (Å²) in [6.07, 6.45) is 2.78. The molecule has 0 saturated carbocycles. The van der Waals surface area contributed by atoms with Crippen molar-refractivity contribution in [3.8, 4) is 16.9 Å². The quantitative estimate of drug-likeness (QED) is 0.640. The lowest BCUT2D eigenvalue weighted by atomic mass is 9.86. The largest absolute Gasteiger partial charge is 0.487 e. The fourth-order valence-electron chi connectivity index (χ4n) is 3.98. The van der Waals surface area contributed by atoms with Crippen LogP contribution in [0.5, 0.6) is 5.75 Å². The van der Waals surface area contributed by atoms with Gasteiger partial charge in [-0.05, 0) is 73.2 Å². The summed E-state index contributed by atoms with van der Waals surface area (Å²) in [6.45, 7) is 4.30. The van der Waals surface area contributed by atoms with E-state index in [-0.39, 0.29) is 5.60 Å². The lowest BCUT2D eigenvalue weighted by molar-refractivity contribution is 0.0653. The SMILES string of the molecule is Cc1cccc(C[C@]2(C)CCc3cc(-c4cccc(C(=O)O)c4)ccc3O2)c1. The molecule has 0 aliphatic carbocycles. The van der Waals surface area contributed by atoms with Gasteiger partial charge in [0.2, 0.25) is 0 Å². The summed E-state index contributed by atoms with van der Waals surface area (Å²) in [4.78, 5) is 11.2. The summed E-state index contributed by atoms with van der Waals surface area (Å²) in [7, 11) is 0. The van der Waals surface area contributed by atoms with E-state index in [2.05, 4.69) is 44.2 Å². The van der Waals surface area contributed by atoms with Gasteiger partial charge in [-0.2, -0.15) is 0 Å². The first kappa shape index (κ1) is 18.3. The van der Waals surface area contributed by atoms with Gasteiger partial charge in [-0.1, -0.05) is 48.0 Å². The molecule has 3 aromatic rings. The summed E-state index contributed by atoms with van der Waals surface area (Å²) >= 11 is 0. The van der Waals surface area contributed by atoms with Gasteiger partial charge in [0.1, 0.15) is 11.4 Å². The van der Waals surface area contributed by atoms with Gasteiger partial charge in [-0.15, -0.1) is 0 Å². The monoisotopic (exact) mass is 372 g/mol. The van der Waals surface area contributed by atoms with Crippen molar-refractivity contribution in [2.45, 2.75) is 38.7 Å². The van der Waals surface area contributed by atoms with Crippen LogP contribution in [0.2, 0.25) is 0 Å². The van der Waals surface area contributed by atoms with E-state index < -0.39 is 5.97 Å². The Labute approximate surface area is 165 Å². The minimum absolute atomic E-state index is 0.217. The van der Waals surface area contributed by atoms with Gasteiger partial charge < -0.3 is 9.84 Å². The van der Waals surface area contributed by atoms with Crippen molar-refractivity contribution >= 4 is 5.97 Å². The van der Waals surface area contributed by atoms with Crippen LogP contribution >= 0.6 is 0 Å². The molecule has 3 heteroatoms. The fraction of sp³-hybridized carbons (Fsp3) is 0.240. The molecule has 0 spiro atoms. The van der Waals surface area contributed by atoms with Gasteiger partial charge in [-0.3, -0.25) is 0 Å². The Morgan fingerprint density at radius 3 is 2.61 bits per heavy atom. The number of aryl methyl sites for hydroxylation is 2. The van der Waals surface area contributed by atoms with Crippen LogP contribution < -0.4 is 4.74 Å². The number of hydrogen-bond donors (Lipinski definition) is 1. The van der Waals surface area contributed by atoms with Crippen molar-refractivity contribution in [1.82, 2.24) is 0 Å². The molecule has 3 aromatic carbocycles. The molecule has 0 fully saturated rings. The van der Waals surface area contributed by atoms with Crippen LogP contribution in [0.15, 0.2) is 66.7 Å². The third-order valence-corrected chi connectivity index (χ3v) is 5.44. The summed E-state index contributed by atoms with van der Waals surface area (Å²) in [5.41, 5.74) is 5.77. The number of fused-ring (bicyclic) bond motifs is 1. The number of carbonyl (C=O) groups is 1. The highest BCUT2D eigenvalue weighted by atomic mass is 16.5. The maximum Gasteiger partial charge on any atom is 0.335 e. The Bertz CT molecular complexity index is 1040. The molecule has 1 heterocycles. The molecule has 0 amide bonds. The first-order valence-electron chi connectivity index (χ1n) is 9.63. The van der Waals surface area contributed by atoms with Crippen LogP contribution in [-0.2, 0) is 12.8 Å². The molecular weight excluding hydrogens is 348 g/mol. The maximum atomic E-state index is 11.2. The summed E-state index contributed by atoms with van der Waals surface area (Å²) in [6, 6.07) is 21.8. The van der Waals surface area contributed by atoms with Gasteiger partial charge in [0.15, 0.2) is 0 Å². The van der Waals surface area contributed by atoms with Crippen molar-refractivity contribution in [1.29, 1.82) is 0 Å². The van der Waals surface area contributed by atoms with Crippen LogP contribution in [0.25, 0.3) is 11.1 Å². The highest BCUT2D eigenvalue weighted by Gasteiger charge is 2.32. The van der Waals surface area contributed by atoms with E-state index in [1.54, 1.807) is 18.2 Å². The van der Waals surface area contributed by atoms with Gasteiger partial charge >= 0.3 is 5.97 Å². The molecule has 0 aromatic heterocycles. The first-order chi connectivity index (χ1) is 13.4. The second-order valence-corrected chi connectivity index (χ2v) is 7.93. The molecule has 0 saturated heterocycles. The number of hydrogen-bond acceptors (Lipinski definition) is 2. The molecule has 4 rings (SSSR count). The van der Waals surface area contributed by atoms with Crippen molar-refractivity contribution in [3.05, 3.63) is 89.0 Å². The van der Waals surface area contributed by atoms with E-state index in [1.165, 1.54) is 16.7 Å². The topological polar surface area (TPSA) is 46.5 Å². The number of ether oxygens (including phenoxy) is 1. The van der Waals surface area contributed by atoms with E-state index in [4.69, 9.17) is 4.74 Å². The number of benzene rings is 3. The predicted molar refractivity (Wildman–Crippen MR) is 111 cm³/mol. The molecule has 28 heavy (non-hydrogen) atoms. The highest BCUT2D eigenvalue weighted by molar-refractivity contribution is 5.89. The lowest BCUT2D eigenvalue weighted by Crippen LogP contribution is -2.38. The van der Waals surface area contributed by atoms with Crippen LogP contribution in [0, 0.1) is 6.92 Å². The Morgan fingerprint density at radius 1 is 1.04 bits per heavy atom. The molecular formula is C25H24O3. The lowest BCUT2D eigenvalue weighted by Gasteiger charge is -2.36. The molecule has 0 radical (unpaired) electrons. The molecule has 1 atom stereocenters. The first-order valence-corrected chi connectivity index (χ1v) is 9.63. The van der Waals surface area contributed by atoms with E-state index in [9.17, 15) is 9.90 Å². The van der Waals surface area contributed by atoms with Crippen molar-refractivity contribution in [3.63, 3.8) is 0 Å². The van der Waals surface area contributed by atoms with Crippen molar-refractivity contribution in [2.24, 2.45) is 0 Å². The third-order valence-electron chi connectivity index (χ3n) is 5.44. The van der Waals surface area contributed by atoms with Crippen molar-refractivity contribution < 1.29 is 14.6 Å². The molecule has 1 aliphatic heterocycles. The van der Waals surface area contributed by atoms with E-state index in [0.29, 0.717) is 5.56 Å². The predicted octanol–water partition coefficient (Wildman–Crippen LogP) is 5.69. The summed E-state index contributed by atoms with van der Waals surface area (Å²) in [5.74, 6) is 0.0228. The van der Waals surface area contributed by atoms with Crippen LogP contribution in [-0.4, -0.2) is 16.7 Å². The van der Waals surface area contributed by atoms with E-state index in [1.807, 2.05) is 18.2 Å². The van der Waals surface area contributed by atoms with Gasteiger partial charge in [0.05, 0.1) is 5.56 Å². The van der Waals surface area contributed by atoms with Gasteiger partial charge in [0, 0.05) is 6.42 Å². The Balaban J connectivity index is 1.57. The molecule has 0 unspecified atom stereocenters. The van der Waals surface area contributed by atoms with Gasteiger partial charge in [-0.25, -0.2) is 4.79 Å². The van der Waals surface area contributed by atoms with Crippen LogP contribution in [0.4, 0.5) is 0 Å². The second-order valence-electron chi connectivity index (χ2n) is 7.93. The Kier molecular flexibility index (Phi) is 4.68. The molecule has 3 nitrogen and oxygen atoms in total.